The molecule has 4 nitrogen and oxygen atoms in total. The molecule has 188 valence electrons. The molecular weight excluding hydrogens is 532 g/mol. The summed E-state index contributed by atoms with van der Waals surface area (Å²) in [5, 5.41) is 3.30. The molecular formula is C30H33BrN2O2S. The predicted molar refractivity (Wildman–Crippen MR) is 151 cm³/mol. The molecule has 1 saturated carbocycles. The second kappa shape index (κ2) is 13.7. The Hall–Kier alpha value is -2.57. The largest absolute Gasteiger partial charge is 0.352 e. The number of nitrogens with zero attached hydrogens (tertiary/aromatic N) is 1. The summed E-state index contributed by atoms with van der Waals surface area (Å²) in [5.74, 6) is 0.190. The average molecular weight is 566 g/mol. The number of hydrogen-bond acceptors (Lipinski definition) is 3. The molecule has 0 aliphatic heterocycles. The van der Waals surface area contributed by atoms with Crippen molar-refractivity contribution in [1.29, 1.82) is 0 Å². The number of thioether (sulfide) groups is 1. The van der Waals surface area contributed by atoms with E-state index >= 15 is 0 Å². The van der Waals surface area contributed by atoms with Crippen molar-refractivity contribution in [2.24, 2.45) is 0 Å². The van der Waals surface area contributed by atoms with Crippen molar-refractivity contribution in [2.75, 3.05) is 5.75 Å². The number of rotatable bonds is 10. The van der Waals surface area contributed by atoms with Crippen molar-refractivity contribution in [3.63, 3.8) is 0 Å². The highest BCUT2D eigenvalue weighted by Gasteiger charge is 2.31. The number of nitrogens with one attached hydrogen (secondary N) is 1. The normalized spacial score (nSPS) is 14.7. The van der Waals surface area contributed by atoms with Gasteiger partial charge in [0.2, 0.25) is 11.8 Å². The van der Waals surface area contributed by atoms with Gasteiger partial charge in [0.25, 0.3) is 0 Å². The van der Waals surface area contributed by atoms with Gasteiger partial charge in [-0.2, -0.15) is 0 Å². The Balaban J connectivity index is 1.60. The summed E-state index contributed by atoms with van der Waals surface area (Å²) < 4.78 is 0.986. The first-order valence-corrected chi connectivity index (χ1v) is 14.4. The zero-order valence-corrected chi connectivity index (χ0v) is 22.8. The van der Waals surface area contributed by atoms with Crippen LogP contribution in [0, 0.1) is 0 Å². The summed E-state index contributed by atoms with van der Waals surface area (Å²) in [6, 6.07) is 27.5. The van der Waals surface area contributed by atoms with Crippen LogP contribution in [0.25, 0.3) is 0 Å². The Morgan fingerprint density at radius 1 is 0.861 bits per heavy atom. The molecule has 3 aromatic carbocycles. The van der Waals surface area contributed by atoms with Crippen molar-refractivity contribution in [2.45, 2.75) is 62.0 Å². The molecule has 1 N–H and O–H groups in total. The van der Waals surface area contributed by atoms with Crippen LogP contribution in [0.1, 0.15) is 43.2 Å². The number of carbonyl (C=O) groups is 2. The lowest BCUT2D eigenvalue weighted by molar-refractivity contribution is -0.139. The molecule has 1 fully saturated rings. The summed E-state index contributed by atoms with van der Waals surface area (Å²) in [7, 11) is 0. The number of benzene rings is 3. The minimum Gasteiger partial charge on any atom is -0.352 e. The predicted octanol–water partition coefficient (Wildman–Crippen LogP) is 6.63. The monoisotopic (exact) mass is 564 g/mol. The molecule has 0 spiro atoms. The van der Waals surface area contributed by atoms with Gasteiger partial charge >= 0.3 is 0 Å². The van der Waals surface area contributed by atoms with Crippen LogP contribution in [0.15, 0.2) is 94.3 Å². The fourth-order valence-electron chi connectivity index (χ4n) is 4.63. The Kier molecular flexibility index (Phi) is 10.1. The topological polar surface area (TPSA) is 49.4 Å². The number of hydrogen-bond donors (Lipinski definition) is 1. The van der Waals surface area contributed by atoms with Gasteiger partial charge in [-0.1, -0.05) is 95.9 Å². The standard InChI is InChI=1S/C30H33BrN2O2S/c31-25-18-16-24(17-19-25)21-33(29(34)22-36-27-14-8-3-9-15-27)28(20-23-10-4-1-5-11-23)30(35)32-26-12-6-2-7-13-26/h1,3-5,8-11,14-19,26,28H,2,6-7,12-13,20-22H2,(H,32,35)/t28-/m0/s1. The molecule has 1 aliphatic rings. The van der Waals surface area contributed by atoms with E-state index in [1.54, 1.807) is 4.90 Å². The Morgan fingerprint density at radius 3 is 2.17 bits per heavy atom. The molecule has 2 amide bonds. The molecule has 36 heavy (non-hydrogen) atoms. The zero-order valence-electron chi connectivity index (χ0n) is 20.4. The van der Waals surface area contributed by atoms with Crippen molar-refractivity contribution < 1.29 is 9.59 Å². The number of amides is 2. The highest BCUT2D eigenvalue weighted by molar-refractivity contribution is 9.10. The fourth-order valence-corrected chi connectivity index (χ4v) is 5.70. The number of carbonyl (C=O) groups excluding carboxylic acids is 2. The van der Waals surface area contributed by atoms with Gasteiger partial charge in [0.1, 0.15) is 6.04 Å². The van der Waals surface area contributed by atoms with Crippen molar-refractivity contribution in [3.05, 3.63) is 101 Å². The molecule has 0 unspecified atom stereocenters. The van der Waals surface area contributed by atoms with Crippen LogP contribution < -0.4 is 5.32 Å². The van der Waals surface area contributed by atoms with E-state index in [4.69, 9.17) is 0 Å². The fraction of sp³-hybridized carbons (Fsp3) is 0.333. The lowest BCUT2D eigenvalue weighted by Crippen LogP contribution is -2.53. The third kappa shape index (κ3) is 7.97. The first-order valence-electron chi connectivity index (χ1n) is 12.6. The van der Waals surface area contributed by atoms with Crippen LogP contribution in [-0.2, 0) is 22.6 Å². The molecule has 0 bridgehead atoms. The van der Waals surface area contributed by atoms with E-state index in [0.717, 1.165) is 46.2 Å². The van der Waals surface area contributed by atoms with E-state index in [2.05, 4.69) is 21.2 Å². The van der Waals surface area contributed by atoms with Gasteiger partial charge in [-0.25, -0.2) is 0 Å². The summed E-state index contributed by atoms with van der Waals surface area (Å²) in [6.45, 7) is 0.386. The lowest BCUT2D eigenvalue weighted by atomic mass is 9.94. The average Bonchev–Trinajstić information content (AvgIpc) is 2.92. The second-order valence-electron chi connectivity index (χ2n) is 9.30. The van der Waals surface area contributed by atoms with Crippen molar-refractivity contribution in [1.82, 2.24) is 10.2 Å². The molecule has 6 heteroatoms. The first kappa shape index (κ1) is 26.5. The van der Waals surface area contributed by atoms with Gasteiger partial charge in [0, 0.05) is 28.4 Å². The SMILES string of the molecule is O=C(NC1CCCCC1)[C@H](Cc1ccccc1)N(Cc1ccc(Br)cc1)C(=O)CSc1ccccc1. The van der Waals surface area contributed by atoms with Crippen molar-refractivity contribution in [3.8, 4) is 0 Å². The maximum Gasteiger partial charge on any atom is 0.243 e. The van der Waals surface area contributed by atoms with Crippen LogP contribution >= 0.6 is 27.7 Å². The van der Waals surface area contributed by atoms with E-state index in [1.807, 2.05) is 84.9 Å². The van der Waals surface area contributed by atoms with Crippen molar-refractivity contribution >= 4 is 39.5 Å². The molecule has 1 aliphatic carbocycles. The first-order chi connectivity index (χ1) is 17.6. The summed E-state index contributed by atoms with van der Waals surface area (Å²) in [4.78, 5) is 30.3. The van der Waals surface area contributed by atoms with E-state index in [1.165, 1.54) is 18.2 Å². The van der Waals surface area contributed by atoms with E-state index < -0.39 is 6.04 Å². The molecule has 3 aromatic rings. The van der Waals surface area contributed by atoms with Crippen LogP contribution in [0.5, 0.6) is 0 Å². The minimum absolute atomic E-state index is 0.0357. The Morgan fingerprint density at radius 2 is 1.50 bits per heavy atom. The van der Waals surface area contributed by atoms with Gasteiger partial charge in [-0.15, -0.1) is 11.8 Å². The lowest BCUT2D eigenvalue weighted by Gasteiger charge is -2.33. The van der Waals surface area contributed by atoms with Gasteiger partial charge in [0.15, 0.2) is 0 Å². The second-order valence-corrected chi connectivity index (χ2v) is 11.3. The Bertz CT molecular complexity index is 1100. The summed E-state index contributed by atoms with van der Waals surface area (Å²) >= 11 is 5.01. The highest BCUT2D eigenvalue weighted by Crippen LogP contribution is 2.23. The molecule has 0 aromatic heterocycles. The van der Waals surface area contributed by atoms with Crippen LogP contribution in [0.3, 0.4) is 0 Å². The molecule has 1 atom stereocenters. The minimum atomic E-state index is -0.582. The molecule has 0 saturated heterocycles. The van der Waals surface area contributed by atoms with Gasteiger partial charge in [-0.3, -0.25) is 9.59 Å². The smallest absolute Gasteiger partial charge is 0.243 e. The van der Waals surface area contributed by atoms with Crippen LogP contribution in [0.2, 0.25) is 0 Å². The summed E-state index contributed by atoms with van der Waals surface area (Å²) in [5.41, 5.74) is 2.05. The third-order valence-electron chi connectivity index (χ3n) is 6.59. The van der Waals surface area contributed by atoms with Gasteiger partial charge < -0.3 is 10.2 Å². The molecule has 0 radical (unpaired) electrons. The maximum atomic E-state index is 13.8. The van der Waals surface area contributed by atoms with E-state index in [-0.39, 0.29) is 23.6 Å². The highest BCUT2D eigenvalue weighted by atomic mass is 79.9. The van der Waals surface area contributed by atoms with E-state index in [0.29, 0.717) is 13.0 Å². The van der Waals surface area contributed by atoms with Gasteiger partial charge in [-0.05, 0) is 48.2 Å². The van der Waals surface area contributed by atoms with E-state index in [9.17, 15) is 9.59 Å². The third-order valence-corrected chi connectivity index (χ3v) is 8.12. The quantitative estimate of drug-likeness (QED) is 0.281. The Labute approximate surface area is 227 Å². The maximum absolute atomic E-state index is 13.8. The van der Waals surface area contributed by atoms with Gasteiger partial charge in [0.05, 0.1) is 5.75 Å². The van der Waals surface area contributed by atoms with Crippen LogP contribution in [0.4, 0.5) is 0 Å². The van der Waals surface area contributed by atoms with Crippen LogP contribution in [-0.4, -0.2) is 34.6 Å². The molecule has 0 heterocycles. The number of halogens is 1. The summed E-state index contributed by atoms with van der Waals surface area (Å²) in [6.07, 6.45) is 6.01. The zero-order chi connectivity index (χ0) is 25.2. The molecule has 4 rings (SSSR count).